The van der Waals surface area contributed by atoms with Gasteiger partial charge in [0, 0.05) is 33.0 Å². The highest BCUT2D eigenvalue weighted by molar-refractivity contribution is 5.54. The quantitative estimate of drug-likeness (QED) is 0.736. The Morgan fingerprint density at radius 3 is 2.85 bits per heavy atom. The van der Waals surface area contributed by atoms with Crippen molar-refractivity contribution in [3.8, 4) is 6.07 Å². The van der Waals surface area contributed by atoms with Crippen LogP contribution in [-0.4, -0.2) is 38.3 Å². The van der Waals surface area contributed by atoms with Crippen LogP contribution in [-0.2, 0) is 6.54 Å². The summed E-state index contributed by atoms with van der Waals surface area (Å²) >= 11 is 0. The normalized spacial score (nSPS) is 21.8. The van der Waals surface area contributed by atoms with Crippen LogP contribution in [0.4, 0.5) is 11.8 Å². The van der Waals surface area contributed by atoms with E-state index in [-0.39, 0.29) is 19.0 Å². The minimum Gasteiger partial charge on any atom is -0.393 e. The average molecular weight is 356 g/mol. The summed E-state index contributed by atoms with van der Waals surface area (Å²) < 4.78 is 2.07. The molecule has 0 bridgehead atoms. The van der Waals surface area contributed by atoms with Gasteiger partial charge < -0.3 is 20.3 Å². The van der Waals surface area contributed by atoms with E-state index in [2.05, 4.69) is 45.1 Å². The molecule has 3 N–H and O–H groups in total. The van der Waals surface area contributed by atoms with Crippen LogP contribution in [0.1, 0.15) is 40.1 Å². The lowest BCUT2D eigenvalue weighted by Gasteiger charge is -2.40. The first-order chi connectivity index (χ1) is 12.5. The summed E-state index contributed by atoms with van der Waals surface area (Å²) in [6, 6.07) is 6.31. The summed E-state index contributed by atoms with van der Waals surface area (Å²) in [5.74, 6) is 1.07. The molecule has 1 saturated carbocycles. The number of nitriles is 1. The SMILES string of the molecule is CC1(C)C[C@H](Nc2nc(NCCn3cccc3)ncc2C#N)CC[C@@H]1O.[HH]. The topological polar surface area (TPSA) is 98.8 Å². The lowest BCUT2D eigenvalue weighted by molar-refractivity contribution is 0.00926. The highest BCUT2D eigenvalue weighted by Gasteiger charge is 2.35. The summed E-state index contributed by atoms with van der Waals surface area (Å²) in [6.07, 6.45) is 7.72. The molecule has 1 aliphatic rings. The van der Waals surface area contributed by atoms with Crippen molar-refractivity contribution >= 4 is 11.8 Å². The lowest BCUT2D eigenvalue weighted by Crippen LogP contribution is -2.41. The third-order valence-corrected chi connectivity index (χ3v) is 5.03. The van der Waals surface area contributed by atoms with Crippen LogP contribution in [0.5, 0.6) is 0 Å². The highest BCUT2D eigenvalue weighted by Crippen LogP contribution is 2.36. The van der Waals surface area contributed by atoms with Crippen molar-refractivity contribution < 1.29 is 6.53 Å². The number of aliphatic hydroxyl groups is 1. The van der Waals surface area contributed by atoms with E-state index in [4.69, 9.17) is 0 Å². The third kappa shape index (κ3) is 4.33. The largest absolute Gasteiger partial charge is 0.393 e. The van der Waals surface area contributed by atoms with Crippen LogP contribution in [0, 0.1) is 16.7 Å². The van der Waals surface area contributed by atoms with E-state index in [0.717, 1.165) is 25.8 Å². The van der Waals surface area contributed by atoms with Crippen LogP contribution < -0.4 is 10.6 Å². The Kier molecular flexibility index (Phi) is 5.43. The molecule has 0 aromatic carbocycles. The van der Waals surface area contributed by atoms with Crippen molar-refractivity contribution in [1.29, 1.82) is 5.26 Å². The number of anilines is 2. The van der Waals surface area contributed by atoms with Crippen molar-refractivity contribution in [1.82, 2.24) is 14.5 Å². The molecule has 1 fully saturated rings. The predicted octanol–water partition coefficient (Wildman–Crippen LogP) is 2.86. The summed E-state index contributed by atoms with van der Waals surface area (Å²) in [6.45, 7) is 5.66. The van der Waals surface area contributed by atoms with Crippen molar-refractivity contribution in [3.05, 3.63) is 36.3 Å². The molecule has 7 nitrogen and oxygen atoms in total. The van der Waals surface area contributed by atoms with Crippen LogP contribution in [0.3, 0.4) is 0 Å². The second kappa shape index (κ2) is 7.75. The molecule has 2 atom stereocenters. The van der Waals surface area contributed by atoms with Gasteiger partial charge in [-0.25, -0.2) is 4.98 Å². The Bertz CT molecular complexity index is 771. The Hall–Kier alpha value is -2.59. The second-order valence-electron chi connectivity index (χ2n) is 7.54. The molecule has 0 saturated heterocycles. The predicted molar refractivity (Wildman–Crippen MR) is 103 cm³/mol. The number of hydrogen-bond donors (Lipinski definition) is 3. The van der Waals surface area contributed by atoms with Gasteiger partial charge in [-0.2, -0.15) is 10.2 Å². The van der Waals surface area contributed by atoms with Crippen molar-refractivity contribution in [2.75, 3.05) is 17.2 Å². The van der Waals surface area contributed by atoms with Gasteiger partial charge in [0.25, 0.3) is 0 Å². The summed E-state index contributed by atoms with van der Waals surface area (Å²) in [5, 5.41) is 26.1. The number of nitrogens with zero attached hydrogens (tertiary/aromatic N) is 4. The van der Waals surface area contributed by atoms with E-state index in [1.165, 1.54) is 0 Å². The molecule has 0 spiro atoms. The van der Waals surface area contributed by atoms with Crippen LogP contribution >= 0.6 is 0 Å². The van der Waals surface area contributed by atoms with Gasteiger partial charge in [0.2, 0.25) is 5.95 Å². The highest BCUT2D eigenvalue weighted by atomic mass is 16.3. The third-order valence-electron chi connectivity index (χ3n) is 5.03. The number of nitrogens with one attached hydrogen (secondary N) is 2. The smallest absolute Gasteiger partial charge is 0.224 e. The number of aliphatic hydroxyl groups excluding tert-OH is 1. The molecule has 2 heterocycles. The van der Waals surface area contributed by atoms with Gasteiger partial charge in [0.1, 0.15) is 17.5 Å². The molecule has 3 rings (SSSR count). The lowest BCUT2D eigenvalue weighted by atomic mass is 9.73. The monoisotopic (exact) mass is 356 g/mol. The van der Waals surface area contributed by atoms with E-state index in [1.54, 1.807) is 6.20 Å². The van der Waals surface area contributed by atoms with Crippen LogP contribution in [0.2, 0.25) is 0 Å². The molecule has 1 aliphatic carbocycles. The molecule has 7 heteroatoms. The van der Waals surface area contributed by atoms with Crippen molar-refractivity contribution in [3.63, 3.8) is 0 Å². The molecule has 2 aromatic rings. The first-order valence-corrected chi connectivity index (χ1v) is 9.04. The van der Waals surface area contributed by atoms with Gasteiger partial charge >= 0.3 is 0 Å². The summed E-state index contributed by atoms with van der Waals surface area (Å²) in [7, 11) is 0. The Labute approximate surface area is 155 Å². The van der Waals surface area contributed by atoms with E-state index in [0.29, 0.717) is 23.9 Å². The standard InChI is InChI=1S/C19H26N6O.H2/c1-19(2)11-15(5-6-16(19)26)23-17-14(12-20)13-22-18(24-17)21-7-10-25-8-3-4-9-25;/h3-4,8-9,13,15-16,26H,5-7,10-11H2,1-2H3,(H2,21,22,23,24);1H/t15-,16+;/m1./s1. The maximum absolute atomic E-state index is 10.1. The van der Waals surface area contributed by atoms with Crippen molar-refractivity contribution in [2.45, 2.75) is 51.8 Å². The first kappa shape index (κ1) is 18.2. The first-order valence-electron chi connectivity index (χ1n) is 9.04. The minimum atomic E-state index is -0.285. The molecular weight excluding hydrogens is 328 g/mol. The summed E-state index contributed by atoms with van der Waals surface area (Å²) in [4.78, 5) is 8.72. The molecular formula is C19H28N6O. The van der Waals surface area contributed by atoms with Gasteiger partial charge in [-0.15, -0.1) is 0 Å². The van der Waals surface area contributed by atoms with E-state index < -0.39 is 0 Å². The Morgan fingerprint density at radius 2 is 2.15 bits per heavy atom. The molecule has 0 aliphatic heterocycles. The fraction of sp³-hybridized carbons (Fsp3) is 0.526. The van der Waals surface area contributed by atoms with Crippen LogP contribution in [0.25, 0.3) is 0 Å². The van der Waals surface area contributed by atoms with Gasteiger partial charge in [0.15, 0.2) is 0 Å². The minimum absolute atomic E-state index is 0. The second-order valence-corrected chi connectivity index (χ2v) is 7.54. The maximum Gasteiger partial charge on any atom is 0.224 e. The molecule has 26 heavy (non-hydrogen) atoms. The van der Waals surface area contributed by atoms with Crippen LogP contribution in [0.15, 0.2) is 30.7 Å². The number of rotatable bonds is 6. The van der Waals surface area contributed by atoms with E-state index >= 15 is 0 Å². The molecule has 140 valence electrons. The fourth-order valence-corrected chi connectivity index (χ4v) is 3.41. The van der Waals surface area contributed by atoms with E-state index in [1.807, 2.05) is 24.5 Å². The zero-order valence-corrected chi connectivity index (χ0v) is 15.3. The van der Waals surface area contributed by atoms with E-state index in [9.17, 15) is 10.4 Å². The fourth-order valence-electron chi connectivity index (χ4n) is 3.41. The molecule has 0 unspecified atom stereocenters. The van der Waals surface area contributed by atoms with Crippen molar-refractivity contribution in [2.24, 2.45) is 5.41 Å². The average Bonchev–Trinajstić information content (AvgIpc) is 3.12. The van der Waals surface area contributed by atoms with Gasteiger partial charge in [-0.3, -0.25) is 0 Å². The number of hydrogen-bond acceptors (Lipinski definition) is 6. The Balaban J connectivity index is 0.00000261. The molecule has 2 aromatic heterocycles. The zero-order valence-electron chi connectivity index (χ0n) is 15.3. The zero-order chi connectivity index (χ0) is 18.6. The molecule has 0 amide bonds. The van der Waals surface area contributed by atoms with Gasteiger partial charge in [-0.05, 0) is 36.8 Å². The summed E-state index contributed by atoms with van der Waals surface area (Å²) in [5.41, 5.74) is 0.290. The number of aromatic nitrogens is 3. The maximum atomic E-state index is 10.1. The van der Waals surface area contributed by atoms with Gasteiger partial charge in [0.05, 0.1) is 12.3 Å². The van der Waals surface area contributed by atoms with Gasteiger partial charge in [-0.1, -0.05) is 13.8 Å². The molecule has 0 radical (unpaired) electrons. The Morgan fingerprint density at radius 1 is 1.38 bits per heavy atom.